The van der Waals surface area contributed by atoms with Gasteiger partial charge in [0, 0.05) is 12.6 Å². The Labute approximate surface area is 138 Å². The summed E-state index contributed by atoms with van der Waals surface area (Å²) in [6, 6.07) is 15.1. The second kappa shape index (κ2) is 5.95. The zero-order valence-corrected chi connectivity index (χ0v) is 14.5. The molecule has 0 fully saturated rings. The predicted molar refractivity (Wildman–Crippen MR) is 93.7 cm³/mol. The Kier molecular flexibility index (Phi) is 4.13. The maximum absolute atomic E-state index is 12.9. The molecule has 0 aliphatic carbocycles. The number of hydrogen-bond acceptors (Lipinski definition) is 2. The SMILES string of the molecule is Cc1ccc(S(=O)(=O)N2CC=C(c3cccc(C)c3)[C@@H]2C)cc1. The molecule has 2 aromatic carbocycles. The molecule has 1 atom stereocenters. The van der Waals surface area contributed by atoms with Gasteiger partial charge < -0.3 is 0 Å². The van der Waals surface area contributed by atoms with Gasteiger partial charge in [-0.1, -0.05) is 53.6 Å². The smallest absolute Gasteiger partial charge is 0.207 e. The van der Waals surface area contributed by atoms with Crippen molar-refractivity contribution >= 4 is 15.6 Å². The summed E-state index contributed by atoms with van der Waals surface area (Å²) in [4.78, 5) is 0.355. The van der Waals surface area contributed by atoms with E-state index in [0.29, 0.717) is 11.4 Å². The van der Waals surface area contributed by atoms with Gasteiger partial charge in [-0.2, -0.15) is 4.31 Å². The number of benzene rings is 2. The minimum absolute atomic E-state index is 0.164. The third-order valence-corrected chi connectivity index (χ3v) is 6.30. The van der Waals surface area contributed by atoms with Crippen molar-refractivity contribution in [1.82, 2.24) is 4.31 Å². The van der Waals surface area contributed by atoms with Gasteiger partial charge in [-0.05, 0) is 44.0 Å². The van der Waals surface area contributed by atoms with Crippen LogP contribution in [0.1, 0.15) is 23.6 Å². The van der Waals surface area contributed by atoms with Gasteiger partial charge >= 0.3 is 0 Å². The summed E-state index contributed by atoms with van der Waals surface area (Å²) < 4.78 is 27.3. The van der Waals surface area contributed by atoms with Gasteiger partial charge in [0.2, 0.25) is 10.0 Å². The highest BCUT2D eigenvalue weighted by Gasteiger charge is 2.34. The summed E-state index contributed by atoms with van der Waals surface area (Å²) in [5.74, 6) is 0. The standard InChI is InChI=1S/C19H21NO2S/c1-14-7-9-18(10-8-14)23(21,22)20-12-11-19(16(20)3)17-6-4-5-15(2)13-17/h4-11,13,16H,12H2,1-3H3/t16-/m0/s1. The first-order valence-electron chi connectivity index (χ1n) is 7.75. The largest absolute Gasteiger partial charge is 0.243 e. The molecule has 0 aromatic heterocycles. The molecule has 0 unspecified atom stereocenters. The van der Waals surface area contributed by atoms with Crippen LogP contribution < -0.4 is 0 Å². The lowest BCUT2D eigenvalue weighted by molar-refractivity contribution is 0.432. The van der Waals surface area contributed by atoms with Gasteiger partial charge in [0.1, 0.15) is 0 Å². The van der Waals surface area contributed by atoms with E-state index in [9.17, 15) is 8.42 Å². The van der Waals surface area contributed by atoms with Crippen molar-refractivity contribution < 1.29 is 8.42 Å². The van der Waals surface area contributed by atoms with E-state index in [1.54, 1.807) is 16.4 Å². The Morgan fingerprint density at radius 2 is 1.70 bits per heavy atom. The minimum Gasteiger partial charge on any atom is -0.207 e. The third-order valence-electron chi connectivity index (χ3n) is 4.35. The molecule has 3 rings (SSSR count). The second-order valence-corrected chi connectivity index (χ2v) is 7.98. The number of aryl methyl sites for hydroxylation is 2. The first kappa shape index (κ1) is 16.0. The Balaban J connectivity index is 1.91. The highest BCUT2D eigenvalue weighted by Crippen LogP contribution is 2.32. The van der Waals surface area contributed by atoms with Crippen LogP contribution in [0, 0.1) is 13.8 Å². The van der Waals surface area contributed by atoms with E-state index >= 15 is 0 Å². The van der Waals surface area contributed by atoms with Crippen molar-refractivity contribution in [1.29, 1.82) is 0 Å². The fourth-order valence-corrected chi connectivity index (χ4v) is 4.56. The normalized spacial score (nSPS) is 18.9. The Morgan fingerprint density at radius 1 is 1.00 bits per heavy atom. The van der Waals surface area contributed by atoms with E-state index < -0.39 is 10.0 Å². The average Bonchev–Trinajstić information content (AvgIpc) is 2.90. The van der Waals surface area contributed by atoms with Crippen molar-refractivity contribution in [3.63, 3.8) is 0 Å². The van der Waals surface area contributed by atoms with E-state index in [-0.39, 0.29) is 6.04 Å². The van der Waals surface area contributed by atoms with Crippen LogP contribution in [0.5, 0.6) is 0 Å². The third kappa shape index (κ3) is 2.96. The van der Waals surface area contributed by atoms with Gasteiger partial charge in [-0.3, -0.25) is 0 Å². The Bertz CT molecular complexity index is 851. The van der Waals surface area contributed by atoms with Gasteiger partial charge in [-0.15, -0.1) is 0 Å². The summed E-state index contributed by atoms with van der Waals surface area (Å²) in [6.07, 6.45) is 2.02. The van der Waals surface area contributed by atoms with Crippen molar-refractivity contribution in [2.45, 2.75) is 31.7 Å². The van der Waals surface area contributed by atoms with E-state index in [1.807, 2.05) is 57.2 Å². The number of hydrogen-bond donors (Lipinski definition) is 0. The molecule has 0 N–H and O–H groups in total. The molecule has 23 heavy (non-hydrogen) atoms. The minimum atomic E-state index is -3.47. The number of sulfonamides is 1. The summed E-state index contributed by atoms with van der Waals surface area (Å²) >= 11 is 0. The van der Waals surface area contributed by atoms with Crippen LogP contribution >= 0.6 is 0 Å². The van der Waals surface area contributed by atoms with Gasteiger partial charge in [0.15, 0.2) is 0 Å². The molecule has 1 heterocycles. The number of rotatable bonds is 3. The lowest BCUT2D eigenvalue weighted by Gasteiger charge is -2.23. The maximum Gasteiger partial charge on any atom is 0.243 e. The molecule has 0 radical (unpaired) electrons. The molecule has 0 bridgehead atoms. The van der Waals surface area contributed by atoms with Crippen LogP contribution in [0.25, 0.3) is 5.57 Å². The van der Waals surface area contributed by atoms with E-state index in [1.165, 1.54) is 5.56 Å². The highest BCUT2D eigenvalue weighted by molar-refractivity contribution is 7.89. The summed E-state index contributed by atoms with van der Waals surface area (Å²) in [5.41, 5.74) is 4.40. The fourth-order valence-electron chi connectivity index (χ4n) is 3.01. The second-order valence-electron chi connectivity index (χ2n) is 6.09. The van der Waals surface area contributed by atoms with E-state index in [4.69, 9.17) is 0 Å². The lowest BCUT2D eigenvalue weighted by Crippen LogP contribution is -2.35. The molecular formula is C19H21NO2S. The molecule has 1 aliphatic rings. The topological polar surface area (TPSA) is 37.4 Å². The molecule has 0 amide bonds. The Morgan fingerprint density at radius 3 is 2.35 bits per heavy atom. The summed E-state index contributed by atoms with van der Waals surface area (Å²) in [6.45, 7) is 6.37. The average molecular weight is 327 g/mol. The highest BCUT2D eigenvalue weighted by atomic mass is 32.2. The van der Waals surface area contributed by atoms with Gasteiger partial charge in [-0.25, -0.2) is 8.42 Å². The van der Waals surface area contributed by atoms with Crippen LogP contribution in [-0.4, -0.2) is 25.3 Å². The molecule has 3 nitrogen and oxygen atoms in total. The van der Waals surface area contributed by atoms with E-state index in [0.717, 1.165) is 16.7 Å². The zero-order valence-electron chi connectivity index (χ0n) is 13.7. The molecule has 0 saturated heterocycles. The van der Waals surface area contributed by atoms with Crippen LogP contribution in [0.3, 0.4) is 0 Å². The quantitative estimate of drug-likeness (QED) is 0.860. The molecule has 120 valence electrons. The molecule has 4 heteroatoms. The number of nitrogens with zero attached hydrogens (tertiary/aromatic N) is 1. The first-order valence-corrected chi connectivity index (χ1v) is 9.19. The van der Waals surface area contributed by atoms with Crippen molar-refractivity contribution in [2.24, 2.45) is 0 Å². The Hall–Kier alpha value is -1.91. The zero-order chi connectivity index (χ0) is 16.6. The van der Waals surface area contributed by atoms with E-state index in [2.05, 4.69) is 6.07 Å². The van der Waals surface area contributed by atoms with Crippen molar-refractivity contribution in [3.05, 3.63) is 71.3 Å². The van der Waals surface area contributed by atoms with Crippen LogP contribution in [0.2, 0.25) is 0 Å². The monoisotopic (exact) mass is 327 g/mol. The van der Waals surface area contributed by atoms with Gasteiger partial charge in [0.25, 0.3) is 0 Å². The van der Waals surface area contributed by atoms with Crippen LogP contribution in [-0.2, 0) is 10.0 Å². The van der Waals surface area contributed by atoms with Crippen molar-refractivity contribution in [3.8, 4) is 0 Å². The summed E-state index contributed by atoms with van der Waals surface area (Å²) in [7, 11) is -3.47. The van der Waals surface area contributed by atoms with Crippen molar-refractivity contribution in [2.75, 3.05) is 6.54 Å². The van der Waals surface area contributed by atoms with Crippen LogP contribution in [0.15, 0.2) is 59.5 Å². The molecule has 0 saturated carbocycles. The molecular weight excluding hydrogens is 306 g/mol. The molecule has 1 aliphatic heterocycles. The summed E-state index contributed by atoms with van der Waals surface area (Å²) in [5, 5.41) is 0. The maximum atomic E-state index is 12.9. The predicted octanol–water partition coefficient (Wildman–Crippen LogP) is 3.78. The lowest BCUT2D eigenvalue weighted by atomic mass is 10.00. The molecule has 0 spiro atoms. The van der Waals surface area contributed by atoms with Gasteiger partial charge in [0.05, 0.1) is 4.90 Å². The molecule has 2 aromatic rings. The first-order chi connectivity index (χ1) is 10.9. The van der Waals surface area contributed by atoms with Crippen LogP contribution in [0.4, 0.5) is 0 Å². The fraction of sp³-hybridized carbons (Fsp3) is 0.263.